The molecule has 1 fully saturated rings. The molecule has 3 aromatic rings. The number of hydrogen-bond acceptors (Lipinski definition) is 6. The van der Waals surface area contributed by atoms with Gasteiger partial charge in [-0.15, -0.1) is 0 Å². The van der Waals surface area contributed by atoms with Crippen LogP contribution in [0.5, 0.6) is 0 Å². The average molecular weight is 633 g/mol. The molecular formula is C36H52N6O4. The first-order valence-corrected chi connectivity index (χ1v) is 16.7. The summed E-state index contributed by atoms with van der Waals surface area (Å²) in [5, 5.41) is 20.4. The molecule has 0 aliphatic carbocycles. The first kappa shape index (κ1) is 35.1. The summed E-state index contributed by atoms with van der Waals surface area (Å²) in [6.45, 7) is 11.1. The minimum absolute atomic E-state index is 0.0250. The summed E-state index contributed by atoms with van der Waals surface area (Å²) < 4.78 is 0. The van der Waals surface area contributed by atoms with Gasteiger partial charge in [0.2, 0.25) is 17.7 Å². The van der Waals surface area contributed by atoms with Gasteiger partial charge in [-0.3, -0.25) is 19.3 Å². The molecule has 0 spiro atoms. The quantitative estimate of drug-likeness (QED) is 0.182. The summed E-state index contributed by atoms with van der Waals surface area (Å²) in [6, 6.07) is 16.4. The molecule has 5 N–H and O–H groups in total. The first-order chi connectivity index (χ1) is 21.9. The van der Waals surface area contributed by atoms with Crippen molar-refractivity contribution < 1.29 is 19.5 Å². The van der Waals surface area contributed by atoms with Crippen LogP contribution in [0, 0.1) is 11.8 Å². The lowest BCUT2D eigenvalue weighted by atomic mass is 9.90. The van der Waals surface area contributed by atoms with Gasteiger partial charge in [-0.1, -0.05) is 69.2 Å². The molecule has 0 radical (unpaired) electrons. The maximum Gasteiger partial charge on any atom is 0.243 e. The molecule has 2 heterocycles. The van der Waals surface area contributed by atoms with Gasteiger partial charge in [0.1, 0.15) is 11.9 Å². The number of aliphatic hydroxyl groups is 1. The lowest BCUT2D eigenvalue weighted by Crippen LogP contribution is -2.55. The third-order valence-electron chi connectivity index (χ3n) is 8.77. The largest absolute Gasteiger partial charge is 0.392 e. The number of fused-ring (bicyclic) bond motifs is 1. The normalized spacial score (nSPS) is 18.3. The van der Waals surface area contributed by atoms with Crippen LogP contribution in [0.4, 0.5) is 0 Å². The molecule has 2 aromatic carbocycles. The number of aromatic nitrogens is 2. The van der Waals surface area contributed by atoms with E-state index in [1.807, 2.05) is 89.2 Å². The molecular weight excluding hydrogens is 580 g/mol. The Balaban J connectivity index is 1.44. The highest BCUT2D eigenvalue weighted by Crippen LogP contribution is 2.22. The van der Waals surface area contributed by atoms with Crippen LogP contribution in [0.15, 0.2) is 54.6 Å². The number of rotatable bonds is 14. The summed E-state index contributed by atoms with van der Waals surface area (Å²) in [6.07, 6.45) is 3.16. The molecule has 10 nitrogen and oxygen atoms in total. The molecule has 250 valence electrons. The van der Waals surface area contributed by atoms with Gasteiger partial charge in [0.25, 0.3) is 0 Å². The minimum atomic E-state index is -0.827. The number of nitrogens with zero attached hydrogens (tertiary/aromatic N) is 2. The van der Waals surface area contributed by atoms with Gasteiger partial charge >= 0.3 is 0 Å². The molecule has 5 atom stereocenters. The third kappa shape index (κ3) is 10.1. The molecule has 1 aliphatic heterocycles. The smallest absolute Gasteiger partial charge is 0.243 e. The topological polar surface area (TPSA) is 139 Å². The maximum absolute atomic E-state index is 13.9. The van der Waals surface area contributed by atoms with Crippen molar-refractivity contribution in [2.24, 2.45) is 11.8 Å². The Morgan fingerprint density at radius 3 is 2.46 bits per heavy atom. The number of benzene rings is 2. The van der Waals surface area contributed by atoms with E-state index in [1.165, 1.54) is 0 Å². The van der Waals surface area contributed by atoms with Gasteiger partial charge in [0, 0.05) is 18.0 Å². The second-order valence-electron chi connectivity index (χ2n) is 13.8. The van der Waals surface area contributed by atoms with Gasteiger partial charge in [-0.25, -0.2) is 4.98 Å². The number of carbonyl (C=O) groups excluding carboxylic acids is 3. The van der Waals surface area contributed by atoms with Gasteiger partial charge in [0.15, 0.2) is 0 Å². The number of carbonyl (C=O) groups is 3. The zero-order valence-corrected chi connectivity index (χ0v) is 28.0. The van der Waals surface area contributed by atoms with Crippen LogP contribution >= 0.6 is 0 Å². The van der Waals surface area contributed by atoms with Crippen molar-refractivity contribution in [2.45, 2.75) is 103 Å². The van der Waals surface area contributed by atoms with Crippen molar-refractivity contribution in [3.63, 3.8) is 0 Å². The van der Waals surface area contributed by atoms with Gasteiger partial charge in [-0.2, -0.15) is 0 Å². The fraction of sp³-hybridized carbons (Fsp3) is 0.556. The predicted octanol–water partition coefficient (Wildman–Crippen LogP) is 4.09. The molecule has 1 aromatic heterocycles. The van der Waals surface area contributed by atoms with Crippen LogP contribution in [0.3, 0.4) is 0 Å². The van der Waals surface area contributed by atoms with Gasteiger partial charge < -0.3 is 26.0 Å². The number of piperidine rings is 1. The molecule has 10 heteroatoms. The van der Waals surface area contributed by atoms with E-state index < -0.39 is 18.1 Å². The molecule has 4 rings (SSSR count). The lowest BCUT2D eigenvalue weighted by Gasteiger charge is -2.37. The number of H-pyrrole nitrogens is 1. The Bertz CT molecular complexity index is 1400. The monoisotopic (exact) mass is 632 g/mol. The first-order valence-electron chi connectivity index (χ1n) is 16.7. The van der Waals surface area contributed by atoms with E-state index in [-0.39, 0.29) is 48.2 Å². The van der Waals surface area contributed by atoms with Gasteiger partial charge in [-0.05, 0) is 76.6 Å². The van der Waals surface area contributed by atoms with Crippen LogP contribution in [-0.4, -0.2) is 74.5 Å². The van der Waals surface area contributed by atoms with E-state index >= 15 is 0 Å². The summed E-state index contributed by atoms with van der Waals surface area (Å²) in [5.41, 5.74) is 2.35. The molecule has 46 heavy (non-hydrogen) atoms. The average Bonchev–Trinajstić information content (AvgIpc) is 3.45. The fourth-order valence-electron chi connectivity index (χ4n) is 6.16. The zero-order chi connectivity index (χ0) is 33.3. The highest BCUT2D eigenvalue weighted by molar-refractivity contribution is 5.89. The van der Waals surface area contributed by atoms with Crippen molar-refractivity contribution in [3.05, 3.63) is 66.0 Å². The Morgan fingerprint density at radius 1 is 1.04 bits per heavy atom. The number of β-amino-alcohol motifs (C(OH)–C–C–N with tert-alkyl or cyclic N) is 1. The van der Waals surface area contributed by atoms with Crippen LogP contribution in [0.1, 0.15) is 78.1 Å². The molecule has 0 saturated carbocycles. The maximum atomic E-state index is 13.9. The Kier molecular flexibility index (Phi) is 12.3. The van der Waals surface area contributed by atoms with E-state index in [9.17, 15) is 19.5 Å². The lowest BCUT2D eigenvalue weighted by molar-refractivity contribution is -0.133. The van der Waals surface area contributed by atoms with Crippen molar-refractivity contribution >= 4 is 28.8 Å². The SMILES string of the molecule is CC[C@H](C)[C@H](NC(=O)[C@H](Cc1ccccc1)CC(O)CN1CCCCC1C(=O)NC(C)(C)C)C(=O)NCc1nc2ccccc2[nH]1. The molecule has 1 saturated heterocycles. The van der Waals surface area contributed by atoms with E-state index in [1.54, 1.807) is 0 Å². The van der Waals surface area contributed by atoms with Crippen LogP contribution in [0.25, 0.3) is 11.0 Å². The van der Waals surface area contributed by atoms with Crippen LogP contribution in [0.2, 0.25) is 0 Å². The van der Waals surface area contributed by atoms with Crippen molar-refractivity contribution in [1.29, 1.82) is 0 Å². The predicted molar refractivity (Wildman–Crippen MR) is 181 cm³/mol. The number of nitrogens with one attached hydrogen (secondary N) is 4. The van der Waals surface area contributed by atoms with Gasteiger partial charge in [0.05, 0.1) is 29.7 Å². The standard InChI is InChI=1S/C36H52N6O4/c1-6-24(2)32(35(46)37-22-31-38-28-16-10-11-17-29(28)39-31)40-33(44)26(20-25-14-8-7-9-15-25)21-27(43)23-42-19-13-12-18-30(42)34(45)41-36(3,4)5/h7-11,14-17,24,26-27,30,32,43H,6,12-13,18-23H2,1-5H3,(H,37,46)(H,38,39)(H,40,44)(H,41,45)/t24-,26+,27?,30?,32-/m0/s1. The summed E-state index contributed by atoms with van der Waals surface area (Å²) in [7, 11) is 0. The van der Waals surface area contributed by atoms with E-state index in [0.29, 0.717) is 25.2 Å². The van der Waals surface area contributed by atoms with Crippen LogP contribution < -0.4 is 16.0 Å². The van der Waals surface area contributed by atoms with Crippen LogP contribution in [-0.2, 0) is 27.3 Å². The molecule has 0 bridgehead atoms. The second kappa shape index (κ2) is 16.2. The zero-order valence-electron chi connectivity index (χ0n) is 28.0. The Hall–Kier alpha value is -3.76. The van der Waals surface area contributed by atoms with E-state index in [0.717, 1.165) is 42.4 Å². The number of hydrogen-bond donors (Lipinski definition) is 5. The van der Waals surface area contributed by atoms with Crippen molar-refractivity contribution in [1.82, 2.24) is 30.8 Å². The van der Waals surface area contributed by atoms with E-state index in [2.05, 4.69) is 30.8 Å². The number of imidazole rings is 1. The minimum Gasteiger partial charge on any atom is -0.392 e. The Morgan fingerprint density at radius 2 is 1.76 bits per heavy atom. The number of aliphatic hydroxyl groups excluding tert-OH is 1. The highest BCUT2D eigenvalue weighted by Gasteiger charge is 2.34. The second-order valence-corrected chi connectivity index (χ2v) is 13.8. The summed E-state index contributed by atoms with van der Waals surface area (Å²) in [4.78, 5) is 50.3. The number of amides is 3. The van der Waals surface area contributed by atoms with E-state index in [4.69, 9.17) is 0 Å². The summed E-state index contributed by atoms with van der Waals surface area (Å²) in [5.74, 6) is -0.615. The highest BCUT2D eigenvalue weighted by atomic mass is 16.3. The molecule has 2 unspecified atom stereocenters. The fourth-order valence-corrected chi connectivity index (χ4v) is 6.16. The third-order valence-corrected chi connectivity index (χ3v) is 8.77. The Labute approximate surface area is 273 Å². The number of aromatic amines is 1. The van der Waals surface area contributed by atoms with Crippen molar-refractivity contribution in [2.75, 3.05) is 13.1 Å². The summed E-state index contributed by atoms with van der Waals surface area (Å²) >= 11 is 0. The number of para-hydroxylation sites is 2. The molecule has 1 aliphatic rings. The molecule has 3 amide bonds. The van der Waals surface area contributed by atoms with Crippen molar-refractivity contribution in [3.8, 4) is 0 Å². The number of likely N-dealkylation sites (tertiary alicyclic amines) is 1.